The summed E-state index contributed by atoms with van der Waals surface area (Å²) in [5, 5.41) is 2.10. The van der Waals surface area contributed by atoms with Crippen molar-refractivity contribution in [3.05, 3.63) is 46.8 Å². The Morgan fingerprint density at radius 2 is 2.40 bits per heavy atom. The molecule has 1 aliphatic heterocycles. The summed E-state index contributed by atoms with van der Waals surface area (Å²) in [6, 6.07) is 4.64. The zero-order valence-corrected chi connectivity index (χ0v) is 9.45. The molecule has 1 nitrogen and oxygen atoms in total. The van der Waals surface area contributed by atoms with Gasteiger partial charge in [0.05, 0.1) is 12.1 Å². The fourth-order valence-corrected chi connectivity index (χ4v) is 2.48. The van der Waals surface area contributed by atoms with Crippen LogP contribution in [-0.4, -0.2) is 10.9 Å². The van der Waals surface area contributed by atoms with Gasteiger partial charge in [0.2, 0.25) is 0 Å². The average molecular weight is 215 g/mol. The summed E-state index contributed by atoms with van der Waals surface area (Å²) in [6.45, 7) is 2.05. The minimum Gasteiger partial charge on any atom is -0.353 e. The lowest BCUT2D eigenvalue weighted by Crippen LogP contribution is -2.30. The number of hydrogen-bond acceptors (Lipinski definition) is 2. The molecule has 1 aromatic heterocycles. The van der Waals surface area contributed by atoms with E-state index in [0.29, 0.717) is 6.04 Å². The van der Waals surface area contributed by atoms with E-state index in [9.17, 15) is 0 Å². The van der Waals surface area contributed by atoms with Crippen LogP contribution in [0.5, 0.6) is 0 Å². The molecule has 1 unspecified atom stereocenters. The standard InChI is InChI=1S/C13H13NS/c1-3-11(2)14-9-5-4-7-12(14)13-8-6-10-15-13/h1,4-12H,2H3/t11-,12?/m0/s1. The lowest BCUT2D eigenvalue weighted by Gasteiger charge is -2.32. The molecule has 0 spiro atoms. The second kappa shape index (κ2) is 4.37. The van der Waals surface area contributed by atoms with E-state index in [0.717, 1.165) is 0 Å². The monoisotopic (exact) mass is 215 g/mol. The van der Waals surface area contributed by atoms with Crippen LogP contribution in [0.25, 0.3) is 0 Å². The van der Waals surface area contributed by atoms with Crippen LogP contribution < -0.4 is 0 Å². The van der Waals surface area contributed by atoms with E-state index < -0.39 is 0 Å². The van der Waals surface area contributed by atoms with Crippen LogP contribution in [0.15, 0.2) is 41.9 Å². The van der Waals surface area contributed by atoms with Crippen LogP contribution in [0.3, 0.4) is 0 Å². The molecule has 0 aliphatic carbocycles. The highest BCUT2D eigenvalue weighted by Crippen LogP contribution is 2.30. The molecule has 15 heavy (non-hydrogen) atoms. The van der Waals surface area contributed by atoms with Crippen LogP contribution in [0, 0.1) is 12.3 Å². The van der Waals surface area contributed by atoms with Gasteiger partial charge in [0.25, 0.3) is 0 Å². The number of thiophene rings is 1. The van der Waals surface area contributed by atoms with Gasteiger partial charge in [-0.15, -0.1) is 17.8 Å². The Balaban J connectivity index is 2.27. The molecule has 0 fully saturated rings. The summed E-state index contributed by atoms with van der Waals surface area (Å²) < 4.78 is 0. The molecule has 2 atom stereocenters. The van der Waals surface area contributed by atoms with Crippen molar-refractivity contribution in [2.45, 2.75) is 19.0 Å². The van der Waals surface area contributed by atoms with E-state index in [2.05, 4.69) is 46.7 Å². The summed E-state index contributed by atoms with van der Waals surface area (Å²) in [6.07, 6.45) is 13.8. The first-order chi connectivity index (χ1) is 7.33. The number of rotatable bonds is 2. The zero-order chi connectivity index (χ0) is 10.7. The zero-order valence-electron chi connectivity index (χ0n) is 8.63. The van der Waals surface area contributed by atoms with Crippen molar-refractivity contribution in [2.24, 2.45) is 0 Å². The molecule has 1 aromatic rings. The van der Waals surface area contributed by atoms with Crippen LogP contribution in [0.2, 0.25) is 0 Å². The van der Waals surface area contributed by atoms with Gasteiger partial charge in [0.15, 0.2) is 0 Å². The predicted molar refractivity (Wildman–Crippen MR) is 65.5 cm³/mol. The molecule has 0 N–H and O–H groups in total. The van der Waals surface area contributed by atoms with Gasteiger partial charge in [-0.1, -0.05) is 24.1 Å². The summed E-state index contributed by atoms with van der Waals surface area (Å²) in [7, 11) is 0. The van der Waals surface area contributed by atoms with Crippen molar-refractivity contribution in [1.29, 1.82) is 0 Å². The van der Waals surface area contributed by atoms with E-state index in [1.807, 2.05) is 13.0 Å². The Morgan fingerprint density at radius 1 is 1.53 bits per heavy atom. The van der Waals surface area contributed by atoms with Gasteiger partial charge in [0, 0.05) is 11.1 Å². The lowest BCUT2D eigenvalue weighted by atomic mass is 10.1. The van der Waals surface area contributed by atoms with Crippen molar-refractivity contribution >= 4 is 11.3 Å². The highest BCUT2D eigenvalue weighted by atomic mass is 32.1. The van der Waals surface area contributed by atoms with Crippen molar-refractivity contribution in [2.75, 3.05) is 0 Å². The number of hydrogen-bond donors (Lipinski definition) is 0. The Bertz CT molecular complexity index is 408. The smallest absolute Gasteiger partial charge is 0.0877 e. The van der Waals surface area contributed by atoms with Crippen LogP contribution in [-0.2, 0) is 0 Å². The van der Waals surface area contributed by atoms with Crippen molar-refractivity contribution in [1.82, 2.24) is 4.90 Å². The average Bonchev–Trinajstić information content (AvgIpc) is 2.81. The largest absolute Gasteiger partial charge is 0.353 e. The predicted octanol–water partition coefficient (Wildman–Crippen LogP) is 3.20. The normalized spacial score (nSPS) is 21.3. The quantitative estimate of drug-likeness (QED) is 0.685. The molecule has 0 aromatic carbocycles. The molecule has 2 rings (SSSR count). The van der Waals surface area contributed by atoms with E-state index in [-0.39, 0.29) is 6.04 Å². The first-order valence-electron chi connectivity index (χ1n) is 4.95. The van der Waals surface area contributed by atoms with Gasteiger partial charge in [-0.2, -0.15) is 0 Å². The van der Waals surface area contributed by atoms with Gasteiger partial charge in [-0.3, -0.25) is 0 Å². The van der Waals surface area contributed by atoms with E-state index in [1.165, 1.54) is 4.88 Å². The fourth-order valence-electron chi connectivity index (χ4n) is 1.67. The van der Waals surface area contributed by atoms with E-state index >= 15 is 0 Å². The Morgan fingerprint density at radius 3 is 3.07 bits per heavy atom. The molecule has 2 heterocycles. The van der Waals surface area contributed by atoms with Gasteiger partial charge >= 0.3 is 0 Å². The Hall–Kier alpha value is -1.46. The first kappa shape index (κ1) is 10.1. The fraction of sp³-hybridized carbons (Fsp3) is 0.231. The van der Waals surface area contributed by atoms with Gasteiger partial charge in [0.1, 0.15) is 0 Å². The minimum absolute atomic E-state index is 0.123. The molecule has 2 heteroatoms. The molecular formula is C13H13NS. The maximum Gasteiger partial charge on any atom is 0.0877 e. The van der Waals surface area contributed by atoms with Crippen LogP contribution in [0.1, 0.15) is 17.8 Å². The highest BCUT2D eigenvalue weighted by Gasteiger charge is 2.20. The third kappa shape index (κ3) is 1.98. The molecule has 0 saturated heterocycles. The van der Waals surface area contributed by atoms with Gasteiger partial charge in [-0.25, -0.2) is 0 Å². The maximum absolute atomic E-state index is 5.47. The Kier molecular flexibility index (Phi) is 2.94. The molecule has 0 bridgehead atoms. The number of terminal acetylenes is 1. The second-order valence-corrected chi connectivity index (χ2v) is 4.46. The summed E-state index contributed by atoms with van der Waals surface area (Å²) in [4.78, 5) is 3.53. The van der Waals surface area contributed by atoms with E-state index in [4.69, 9.17) is 6.42 Å². The minimum atomic E-state index is 0.123. The highest BCUT2D eigenvalue weighted by molar-refractivity contribution is 7.10. The van der Waals surface area contributed by atoms with Gasteiger partial charge < -0.3 is 4.90 Å². The molecule has 76 valence electrons. The van der Waals surface area contributed by atoms with Crippen LogP contribution >= 0.6 is 11.3 Å². The second-order valence-electron chi connectivity index (χ2n) is 3.48. The van der Waals surface area contributed by atoms with Crippen LogP contribution in [0.4, 0.5) is 0 Å². The van der Waals surface area contributed by atoms with E-state index in [1.54, 1.807) is 11.3 Å². The Labute approximate surface area is 94.7 Å². The third-order valence-corrected chi connectivity index (χ3v) is 3.45. The number of nitrogens with zero attached hydrogens (tertiary/aromatic N) is 1. The summed E-state index contributed by atoms with van der Waals surface area (Å²) in [5.41, 5.74) is 0. The molecule has 0 radical (unpaired) electrons. The van der Waals surface area contributed by atoms with Gasteiger partial charge in [-0.05, 0) is 24.4 Å². The topological polar surface area (TPSA) is 3.24 Å². The van der Waals surface area contributed by atoms with Crippen molar-refractivity contribution in [3.63, 3.8) is 0 Å². The summed E-state index contributed by atoms with van der Waals surface area (Å²) >= 11 is 1.77. The summed E-state index contributed by atoms with van der Waals surface area (Å²) in [5.74, 6) is 2.77. The molecule has 0 amide bonds. The lowest BCUT2D eigenvalue weighted by molar-refractivity contribution is 0.295. The van der Waals surface area contributed by atoms with Crippen molar-refractivity contribution < 1.29 is 0 Å². The van der Waals surface area contributed by atoms with Crippen molar-refractivity contribution in [3.8, 4) is 12.3 Å². The SMILES string of the molecule is C#C[C@H](C)N1C=CC=CC1c1cccs1. The third-order valence-electron chi connectivity index (χ3n) is 2.51. The first-order valence-corrected chi connectivity index (χ1v) is 5.83. The molecule has 1 aliphatic rings. The molecule has 0 saturated carbocycles. The number of allylic oxidation sites excluding steroid dienone is 2. The maximum atomic E-state index is 5.47. The molecular weight excluding hydrogens is 202 g/mol.